The number of nitriles is 1. The molecule has 1 aliphatic rings. The van der Waals surface area contributed by atoms with Gasteiger partial charge in [0.25, 0.3) is 5.91 Å². The van der Waals surface area contributed by atoms with E-state index in [0.717, 1.165) is 12.8 Å². The van der Waals surface area contributed by atoms with Crippen LogP contribution in [0.1, 0.15) is 41.4 Å². The van der Waals surface area contributed by atoms with E-state index < -0.39 is 5.91 Å². The molecule has 1 aromatic heterocycles. The Labute approximate surface area is 110 Å². The molecule has 0 bridgehead atoms. The molecule has 0 radical (unpaired) electrons. The Morgan fingerprint density at radius 1 is 1.67 bits per heavy atom. The molecule has 1 saturated carbocycles. The Hall–Kier alpha value is -1.74. The van der Waals surface area contributed by atoms with Gasteiger partial charge in [-0.2, -0.15) is 5.26 Å². The van der Waals surface area contributed by atoms with E-state index in [9.17, 15) is 4.79 Å². The lowest BCUT2D eigenvalue weighted by Gasteiger charge is -2.05. The number of anilines is 2. The van der Waals surface area contributed by atoms with Crippen molar-refractivity contribution >= 4 is 27.9 Å². The Bertz CT molecular complexity index is 517. The summed E-state index contributed by atoms with van der Waals surface area (Å²) in [7, 11) is 0. The molecule has 2 rings (SSSR count). The zero-order valence-corrected chi connectivity index (χ0v) is 11.0. The van der Waals surface area contributed by atoms with Gasteiger partial charge in [-0.25, -0.2) is 0 Å². The second kappa shape index (κ2) is 4.86. The van der Waals surface area contributed by atoms with E-state index in [1.807, 2.05) is 6.07 Å². The van der Waals surface area contributed by atoms with E-state index in [4.69, 9.17) is 16.7 Å². The monoisotopic (exact) mass is 264 g/mol. The van der Waals surface area contributed by atoms with Crippen LogP contribution in [-0.4, -0.2) is 11.9 Å². The predicted octanol–water partition coefficient (Wildman–Crippen LogP) is 1.90. The highest BCUT2D eigenvalue weighted by Gasteiger charge is 2.37. The number of rotatable bonds is 5. The van der Waals surface area contributed by atoms with Gasteiger partial charge in [0.15, 0.2) is 0 Å². The number of primary amides is 1. The van der Waals surface area contributed by atoms with E-state index in [-0.39, 0.29) is 11.3 Å². The molecule has 2 atom stereocenters. The van der Waals surface area contributed by atoms with Gasteiger partial charge < -0.3 is 16.8 Å². The van der Waals surface area contributed by atoms with Gasteiger partial charge in [-0.15, -0.1) is 11.3 Å². The zero-order chi connectivity index (χ0) is 13.3. The van der Waals surface area contributed by atoms with Gasteiger partial charge in [0, 0.05) is 6.04 Å². The second-order valence-corrected chi connectivity index (χ2v) is 5.58. The summed E-state index contributed by atoms with van der Waals surface area (Å²) in [5, 5.41) is 12.8. The van der Waals surface area contributed by atoms with Crippen molar-refractivity contribution in [2.45, 2.75) is 32.2 Å². The normalized spacial score (nSPS) is 21.3. The van der Waals surface area contributed by atoms with Gasteiger partial charge in [-0.1, -0.05) is 13.3 Å². The summed E-state index contributed by atoms with van der Waals surface area (Å²) in [6.45, 7) is 2.15. The number of amides is 1. The molecule has 6 heteroatoms. The molecule has 0 aliphatic heterocycles. The van der Waals surface area contributed by atoms with Crippen molar-refractivity contribution in [2.24, 2.45) is 11.7 Å². The van der Waals surface area contributed by atoms with Crippen molar-refractivity contribution in [3.63, 3.8) is 0 Å². The molecule has 0 spiro atoms. The van der Waals surface area contributed by atoms with Crippen molar-refractivity contribution in [1.82, 2.24) is 0 Å². The van der Waals surface area contributed by atoms with Crippen LogP contribution in [0.5, 0.6) is 0 Å². The van der Waals surface area contributed by atoms with Gasteiger partial charge in [-0.3, -0.25) is 4.79 Å². The summed E-state index contributed by atoms with van der Waals surface area (Å²) in [5.41, 5.74) is 11.5. The molecular weight excluding hydrogens is 248 g/mol. The van der Waals surface area contributed by atoms with E-state index in [1.54, 1.807) is 0 Å². The lowest BCUT2D eigenvalue weighted by molar-refractivity contribution is 0.100. The standard InChI is InChI=1S/C12H16N4OS/c1-2-3-6-4-7(6)16-12-9(11(15)17)10(14)8(5-13)18-12/h6-7,16H,2-4,14H2,1H3,(H2,15,17). The topological polar surface area (TPSA) is 105 Å². The number of thiophene rings is 1. The van der Waals surface area contributed by atoms with Crippen LogP contribution in [0.3, 0.4) is 0 Å². The Balaban J connectivity index is 2.18. The highest BCUT2D eigenvalue weighted by Crippen LogP contribution is 2.42. The predicted molar refractivity (Wildman–Crippen MR) is 72.4 cm³/mol. The van der Waals surface area contributed by atoms with Crippen LogP contribution in [0.15, 0.2) is 0 Å². The van der Waals surface area contributed by atoms with Gasteiger partial charge in [0.1, 0.15) is 15.9 Å². The van der Waals surface area contributed by atoms with Gasteiger partial charge in [0.05, 0.1) is 11.3 Å². The maximum absolute atomic E-state index is 11.4. The third kappa shape index (κ3) is 2.27. The van der Waals surface area contributed by atoms with Crippen LogP contribution < -0.4 is 16.8 Å². The van der Waals surface area contributed by atoms with Gasteiger partial charge in [0.2, 0.25) is 0 Å². The average Bonchev–Trinajstić information content (AvgIpc) is 2.94. The number of carbonyl (C=O) groups excluding carboxylic acids is 1. The molecule has 1 amide bonds. The van der Waals surface area contributed by atoms with Gasteiger partial charge >= 0.3 is 0 Å². The fourth-order valence-corrected chi connectivity index (χ4v) is 3.14. The van der Waals surface area contributed by atoms with Crippen LogP contribution in [-0.2, 0) is 0 Å². The van der Waals surface area contributed by atoms with Crippen LogP contribution in [0.2, 0.25) is 0 Å². The smallest absolute Gasteiger partial charge is 0.253 e. The third-order valence-electron chi connectivity index (χ3n) is 3.19. The number of nitrogens with two attached hydrogens (primary N) is 2. The maximum atomic E-state index is 11.4. The lowest BCUT2D eigenvalue weighted by atomic mass is 10.2. The van der Waals surface area contributed by atoms with E-state index in [2.05, 4.69) is 12.2 Å². The highest BCUT2D eigenvalue weighted by molar-refractivity contribution is 7.17. The molecule has 5 N–H and O–H groups in total. The first-order valence-corrected chi connectivity index (χ1v) is 6.78. The summed E-state index contributed by atoms with van der Waals surface area (Å²) < 4.78 is 0. The van der Waals surface area contributed by atoms with Crippen molar-refractivity contribution in [1.29, 1.82) is 5.26 Å². The first kappa shape index (κ1) is 12.7. The summed E-state index contributed by atoms with van der Waals surface area (Å²) in [5.74, 6) is 0.0741. The van der Waals surface area contributed by atoms with Crippen molar-refractivity contribution in [3.05, 3.63) is 10.4 Å². The Morgan fingerprint density at radius 3 is 2.94 bits per heavy atom. The molecule has 96 valence electrons. The van der Waals surface area contributed by atoms with Crippen LogP contribution in [0.4, 0.5) is 10.7 Å². The molecule has 18 heavy (non-hydrogen) atoms. The van der Waals surface area contributed by atoms with E-state index in [0.29, 0.717) is 21.8 Å². The largest absolute Gasteiger partial charge is 0.396 e. The fourth-order valence-electron chi connectivity index (χ4n) is 2.16. The molecule has 1 aromatic rings. The first-order valence-electron chi connectivity index (χ1n) is 5.97. The molecule has 5 nitrogen and oxygen atoms in total. The van der Waals surface area contributed by atoms with Crippen LogP contribution in [0, 0.1) is 17.2 Å². The number of nitrogens with one attached hydrogen (secondary N) is 1. The minimum atomic E-state index is -0.583. The number of carbonyl (C=O) groups is 1. The molecule has 1 heterocycles. The zero-order valence-electron chi connectivity index (χ0n) is 10.2. The van der Waals surface area contributed by atoms with Crippen molar-refractivity contribution < 1.29 is 4.79 Å². The molecule has 2 unspecified atom stereocenters. The third-order valence-corrected chi connectivity index (χ3v) is 4.23. The SMILES string of the molecule is CCCC1CC1Nc1sc(C#N)c(N)c1C(N)=O. The number of nitrogen functional groups attached to an aromatic ring is 1. The summed E-state index contributed by atoms with van der Waals surface area (Å²) in [6, 6.07) is 2.37. The average molecular weight is 264 g/mol. The van der Waals surface area contributed by atoms with Crippen LogP contribution >= 0.6 is 11.3 Å². The Kier molecular flexibility index (Phi) is 3.43. The van der Waals surface area contributed by atoms with E-state index in [1.165, 1.54) is 17.8 Å². The number of hydrogen-bond acceptors (Lipinski definition) is 5. The molecule has 1 fully saturated rings. The second-order valence-electron chi connectivity index (χ2n) is 4.56. The molecule has 1 aliphatic carbocycles. The van der Waals surface area contributed by atoms with Crippen molar-refractivity contribution in [2.75, 3.05) is 11.1 Å². The van der Waals surface area contributed by atoms with E-state index >= 15 is 0 Å². The maximum Gasteiger partial charge on any atom is 0.253 e. The Morgan fingerprint density at radius 2 is 2.39 bits per heavy atom. The first-order chi connectivity index (χ1) is 8.58. The number of nitrogens with zero attached hydrogens (tertiary/aromatic N) is 1. The minimum absolute atomic E-state index is 0.199. The number of hydrogen-bond donors (Lipinski definition) is 3. The van der Waals surface area contributed by atoms with Crippen molar-refractivity contribution in [3.8, 4) is 6.07 Å². The lowest BCUT2D eigenvalue weighted by Crippen LogP contribution is -2.15. The molecule has 0 saturated heterocycles. The summed E-state index contributed by atoms with van der Waals surface area (Å²) in [6.07, 6.45) is 3.43. The highest BCUT2D eigenvalue weighted by atomic mass is 32.1. The molecule has 0 aromatic carbocycles. The molecular formula is C12H16N4OS. The van der Waals surface area contributed by atoms with Crippen LogP contribution in [0.25, 0.3) is 0 Å². The quantitative estimate of drug-likeness (QED) is 0.755. The minimum Gasteiger partial charge on any atom is -0.396 e. The van der Waals surface area contributed by atoms with Gasteiger partial charge in [-0.05, 0) is 18.8 Å². The summed E-state index contributed by atoms with van der Waals surface area (Å²) >= 11 is 1.20. The summed E-state index contributed by atoms with van der Waals surface area (Å²) in [4.78, 5) is 11.7. The fraction of sp³-hybridized carbons (Fsp3) is 0.500.